The first-order valence-electron chi connectivity index (χ1n) is 4.37. The summed E-state index contributed by atoms with van der Waals surface area (Å²) in [7, 11) is 9.78. The normalized spacial score (nSPS) is 9.62. The molecule has 0 radical (unpaired) electrons. The molecule has 2 rings (SSSR count). The van der Waals surface area contributed by atoms with Gasteiger partial charge in [0.2, 0.25) is 0 Å². The van der Waals surface area contributed by atoms with Gasteiger partial charge in [-0.2, -0.15) is 0 Å². The first kappa shape index (κ1) is 13.5. The smallest absolute Gasteiger partial charge is 0.0621 e. The standard InChI is InChI=1S/C10H8N3.2ClH.Ti/c1-2-5-9(6-3-1)12-13-10-7-4-8-11-10;;;/h1-8H;2*1H;/q-1;;;+2/p-2. The van der Waals surface area contributed by atoms with Gasteiger partial charge in [-0.05, 0) is 18.0 Å². The zero-order chi connectivity index (χ0) is 11.6. The quantitative estimate of drug-likeness (QED) is 0.595. The van der Waals surface area contributed by atoms with Crippen molar-refractivity contribution in [3.05, 3.63) is 48.7 Å². The molecule has 1 heterocycles. The summed E-state index contributed by atoms with van der Waals surface area (Å²) in [6.45, 7) is 0. The largest absolute Gasteiger partial charge is 0.442 e. The van der Waals surface area contributed by atoms with Crippen LogP contribution in [0.25, 0.3) is 0 Å². The van der Waals surface area contributed by atoms with Crippen LogP contribution in [0.5, 0.6) is 0 Å². The van der Waals surface area contributed by atoms with Gasteiger partial charge in [0, 0.05) is 0 Å². The average molecular weight is 289 g/mol. The summed E-state index contributed by atoms with van der Waals surface area (Å²) < 4.78 is 0. The van der Waals surface area contributed by atoms with Crippen LogP contribution in [0.3, 0.4) is 0 Å². The van der Waals surface area contributed by atoms with E-state index in [1.54, 1.807) is 6.20 Å². The van der Waals surface area contributed by atoms with Crippen molar-refractivity contribution in [1.29, 1.82) is 0 Å². The maximum absolute atomic E-state index is 4.89. The van der Waals surface area contributed by atoms with E-state index in [0.29, 0.717) is 5.82 Å². The van der Waals surface area contributed by atoms with Gasteiger partial charge in [0.15, 0.2) is 0 Å². The van der Waals surface area contributed by atoms with Crippen molar-refractivity contribution in [3.8, 4) is 0 Å². The molecular weight excluding hydrogens is 281 g/mol. The van der Waals surface area contributed by atoms with E-state index in [9.17, 15) is 0 Å². The topological polar surface area (TPSA) is 38.8 Å². The predicted octanol–water partition coefficient (Wildman–Crippen LogP) is 4.44. The number of halogens is 2. The molecule has 0 aliphatic heterocycles. The average Bonchev–Trinajstić information content (AvgIpc) is 2.82. The molecule has 0 atom stereocenters. The summed E-state index contributed by atoms with van der Waals surface area (Å²) in [5, 5.41) is 7.96. The summed E-state index contributed by atoms with van der Waals surface area (Å²) in [6.07, 6.45) is 1.69. The Morgan fingerprint density at radius 3 is 2.19 bits per heavy atom. The van der Waals surface area contributed by atoms with E-state index in [0.717, 1.165) is 5.69 Å². The second kappa shape index (κ2) is 8.54. The molecule has 6 heteroatoms. The van der Waals surface area contributed by atoms with Crippen molar-refractivity contribution in [2.24, 2.45) is 10.2 Å². The molecule has 16 heavy (non-hydrogen) atoms. The van der Waals surface area contributed by atoms with E-state index in [1.165, 1.54) is 0 Å². The van der Waals surface area contributed by atoms with E-state index in [4.69, 9.17) is 18.6 Å². The monoisotopic (exact) mass is 288 g/mol. The van der Waals surface area contributed by atoms with E-state index in [2.05, 4.69) is 15.2 Å². The Labute approximate surface area is 111 Å². The Morgan fingerprint density at radius 1 is 0.938 bits per heavy atom. The van der Waals surface area contributed by atoms with E-state index in [1.807, 2.05) is 42.5 Å². The maximum atomic E-state index is 4.89. The van der Waals surface area contributed by atoms with Crippen LogP contribution in [-0.4, -0.2) is 0 Å². The van der Waals surface area contributed by atoms with Crippen LogP contribution in [0.2, 0.25) is 0 Å². The molecule has 1 aromatic carbocycles. The SMILES string of the molecule is [Cl][Ti][Cl].c1ccc(N=Nc2ccc[n-]2)cc1. The van der Waals surface area contributed by atoms with E-state index in [-0.39, 0.29) is 0 Å². The fourth-order valence-electron chi connectivity index (χ4n) is 0.954. The van der Waals surface area contributed by atoms with Gasteiger partial charge in [-0.25, -0.2) is 0 Å². The van der Waals surface area contributed by atoms with Crippen LogP contribution < -0.4 is 4.98 Å². The van der Waals surface area contributed by atoms with Crippen LogP contribution >= 0.6 is 18.6 Å². The first-order chi connectivity index (χ1) is 7.86. The van der Waals surface area contributed by atoms with Crippen molar-refractivity contribution in [1.82, 2.24) is 4.98 Å². The molecule has 0 saturated heterocycles. The molecule has 82 valence electrons. The van der Waals surface area contributed by atoms with Crippen molar-refractivity contribution < 1.29 is 17.0 Å². The maximum Gasteiger partial charge on any atom is 0.0621 e. The van der Waals surface area contributed by atoms with Crippen molar-refractivity contribution in [2.75, 3.05) is 0 Å². The molecule has 3 nitrogen and oxygen atoms in total. The molecule has 0 spiro atoms. The van der Waals surface area contributed by atoms with Gasteiger partial charge in [0.1, 0.15) is 0 Å². The summed E-state index contributed by atoms with van der Waals surface area (Å²) in [6, 6.07) is 13.2. The zero-order valence-electron chi connectivity index (χ0n) is 8.22. The number of hydrogen-bond acceptors (Lipinski definition) is 2. The Kier molecular flexibility index (Phi) is 7.18. The summed E-state index contributed by atoms with van der Waals surface area (Å²) in [5.74, 6) is 0.642. The van der Waals surface area contributed by atoms with Crippen LogP contribution in [0.15, 0.2) is 58.9 Å². The predicted molar refractivity (Wildman–Crippen MR) is 62.1 cm³/mol. The molecule has 0 amide bonds. The molecule has 1 aromatic heterocycles. The Balaban J connectivity index is 0.000000386. The molecule has 0 aliphatic carbocycles. The number of aromatic nitrogens is 1. The first-order valence-corrected chi connectivity index (χ1v) is 8.67. The van der Waals surface area contributed by atoms with Crippen molar-refractivity contribution >= 4 is 30.1 Å². The van der Waals surface area contributed by atoms with E-state index < -0.39 is 17.0 Å². The van der Waals surface area contributed by atoms with Gasteiger partial charge >= 0.3 is 35.6 Å². The number of rotatable bonds is 2. The fraction of sp³-hybridized carbons (Fsp3) is 0. The summed E-state index contributed by atoms with van der Waals surface area (Å²) in [5.41, 5.74) is 0.838. The second-order valence-electron chi connectivity index (χ2n) is 2.60. The van der Waals surface area contributed by atoms with Gasteiger partial charge in [-0.15, -0.1) is 0 Å². The third kappa shape index (κ3) is 5.47. The minimum atomic E-state index is -0.556. The van der Waals surface area contributed by atoms with E-state index >= 15 is 0 Å². The third-order valence-corrected chi connectivity index (χ3v) is 1.56. The number of nitrogens with zero attached hydrogens (tertiary/aromatic N) is 3. The molecule has 0 aliphatic rings. The molecular formula is C10H8Cl2N3Ti-. The molecule has 0 saturated carbocycles. The second-order valence-corrected chi connectivity index (χ2v) is 5.18. The van der Waals surface area contributed by atoms with Crippen LogP contribution in [0, 0.1) is 0 Å². The van der Waals surface area contributed by atoms with Gasteiger partial charge < -0.3 is 10.1 Å². The van der Waals surface area contributed by atoms with Gasteiger partial charge in [-0.1, -0.05) is 36.5 Å². The minimum absolute atomic E-state index is 0.556. The number of hydrogen-bond donors (Lipinski definition) is 0. The molecule has 0 N–H and O–H groups in total. The third-order valence-electron chi connectivity index (χ3n) is 1.56. The number of azo groups is 1. The Morgan fingerprint density at radius 2 is 1.62 bits per heavy atom. The van der Waals surface area contributed by atoms with Crippen LogP contribution in [0.1, 0.15) is 0 Å². The zero-order valence-corrected chi connectivity index (χ0v) is 11.3. The van der Waals surface area contributed by atoms with Gasteiger partial charge in [0.05, 0.1) is 5.69 Å². The van der Waals surface area contributed by atoms with Crippen molar-refractivity contribution in [3.63, 3.8) is 0 Å². The van der Waals surface area contributed by atoms with Gasteiger partial charge in [0.25, 0.3) is 0 Å². The molecule has 2 aromatic rings. The van der Waals surface area contributed by atoms with Gasteiger partial charge in [-0.3, -0.25) is 5.11 Å². The fourth-order valence-corrected chi connectivity index (χ4v) is 0.954. The Bertz CT molecular complexity index is 403. The van der Waals surface area contributed by atoms with Crippen LogP contribution in [-0.2, 0) is 17.0 Å². The number of benzene rings is 1. The summed E-state index contributed by atoms with van der Waals surface area (Å²) in [4.78, 5) is 3.97. The minimum Gasteiger partial charge on any atom is -0.442 e. The molecule has 0 unspecified atom stereocenters. The Hall–Kier alpha value is -0.606. The molecule has 0 bridgehead atoms. The van der Waals surface area contributed by atoms with Crippen molar-refractivity contribution in [2.45, 2.75) is 0 Å². The van der Waals surface area contributed by atoms with Crippen LogP contribution in [0.4, 0.5) is 11.5 Å². The molecule has 0 fully saturated rings. The summed E-state index contributed by atoms with van der Waals surface area (Å²) >= 11 is -0.556.